The molecule has 0 bridgehead atoms. The highest BCUT2D eigenvalue weighted by Crippen LogP contribution is 2.34. The third kappa shape index (κ3) is 3.84. The summed E-state index contributed by atoms with van der Waals surface area (Å²) in [5, 5.41) is 4.43. The van der Waals surface area contributed by atoms with Gasteiger partial charge in [0.25, 0.3) is 0 Å². The average Bonchev–Trinajstić information content (AvgIpc) is 2.34. The number of anilines is 2. The van der Waals surface area contributed by atoms with Gasteiger partial charge in [0.05, 0.1) is 16.9 Å². The molecule has 0 spiro atoms. The lowest BCUT2D eigenvalue weighted by Crippen LogP contribution is -2.16. The molecule has 7 heteroatoms. The number of rotatable bonds is 4. The Kier molecular flexibility index (Phi) is 4.68. The Hall–Kier alpha value is -2.31. The Morgan fingerprint density at radius 1 is 1.37 bits per heavy atom. The van der Waals surface area contributed by atoms with Crippen molar-refractivity contribution in [3.05, 3.63) is 35.9 Å². The van der Waals surface area contributed by atoms with Crippen molar-refractivity contribution in [3.8, 4) is 0 Å². The monoisotopic (exact) mass is 271 g/mol. The summed E-state index contributed by atoms with van der Waals surface area (Å²) in [6.45, 7) is 1.73. The summed E-state index contributed by atoms with van der Waals surface area (Å²) in [6.07, 6.45) is 0.228. The van der Waals surface area contributed by atoms with Gasteiger partial charge in [0.15, 0.2) is 0 Å². The summed E-state index contributed by atoms with van der Waals surface area (Å²) < 4.78 is 37.7. The smallest absolute Gasteiger partial charge is 0.397 e. The lowest BCUT2D eigenvalue weighted by molar-refractivity contribution is -0.137. The number of amides is 1. The summed E-state index contributed by atoms with van der Waals surface area (Å²) in [4.78, 5) is 10.9. The number of hydrazone groups is 1. The minimum atomic E-state index is -4.51. The SMILES string of the molecule is C/C=C\C=N/N(C=O)c1cc(C(F)(F)F)ccc1N. The van der Waals surface area contributed by atoms with Crippen molar-refractivity contribution in [1.82, 2.24) is 0 Å². The molecule has 19 heavy (non-hydrogen) atoms. The molecule has 0 atom stereocenters. The van der Waals surface area contributed by atoms with Crippen molar-refractivity contribution in [3.63, 3.8) is 0 Å². The number of hydrogen-bond acceptors (Lipinski definition) is 3. The topological polar surface area (TPSA) is 58.7 Å². The fourth-order valence-electron chi connectivity index (χ4n) is 1.26. The number of halogens is 3. The molecule has 1 rings (SSSR count). The number of nitrogens with zero attached hydrogens (tertiary/aromatic N) is 2. The van der Waals surface area contributed by atoms with E-state index in [1.807, 2.05) is 0 Å². The van der Waals surface area contributed by atoms with Gasteiger partial charge in [-0.2, -0.15) is 18.3 Å². The molecule has 2 N–H and O–H groups in total. The molecule has 0 saturated heterocycles. The third-order valence-corrected chi connectivity index (χ3v) is 2.17. The van der Waals surface area contributed by atoms with E-state index in [-0.39, 0.29) is 17.8 Å². The molecule has 0 heterocycles. The lowest BCUT2D eigenvalue weighted by Gasteiger charge is -2.15. The van der Waals surface area contributed by atoms with Gasteiger partial charge in [-0.3, -0.25) is 4.79 Å². The first-order valence-corrected chi connectivity index (χ1v) is 5.26. The van der Waals surface area contributed by atoms with Crippen LogP contribution in [0.3, 0.4) is 0 Å². The molecule has 0 aliphatic rings. The van der Waals surface area contributed by atoms with E-state index < -0.39 is 11.7 Å². The molecule has 4 nitrogen and oxygen atoms in total. The summed E-state index contributed by atoms with van der Waals surface area (Å²) in [6, 6.07) is 2.70. The van der Waals surface area contributed by atoms with Gasteiger partial charge in [-0.25, -0.2) is 5.01 Å². The van der Waals surface area contributed by atoms with Crippen molar-refractivity contribution < 1.29 is 18.0 Å². The zero-order chi connectivity index (χ0) is 14.5. The summed E-state index contributed by atoms with van der Waals surface area (Å²) in [5.41, 5.74) is 4.56. The van der Waals surface area contributed by atoms with Crippen molar-refractivity contribution in [1.29, 1.82) is 0 Å². The van der Waals surface area contributed by atoms with Gasteiger partial charge in [-0.1, -0.05) is 6.08 Å². The summed E-state index contributed by atoms with van der Waals surface area (Å²) in [5.74, 6) is 0. The molecule has 0 unspecified atom stereocenters. The van der Waals surface area contributed by atoms with Crippen LogP contribution in [0.15, 0.2) is 35.5 Å². The maximum atomic E-state index is 12.6. The van der Waals surface area contributed by atoms with E-state index in [2.05, 4.69) is 5.10 Å². The van der Waals surface area contributed by atoms with Crippen LogP contribution in [0.5, 0.6) is 0 Å². The standard InChI is InChI=1S/C12H12F3N3O/c1-2-3-6-17-18(8-19)11-7-9(12(13,14)15)4-5-10(11)16/h2-8H,16H2,1H3/b3-2-,17-6-. The zero-order valence-corrected chi connectivity index (χ0v) is 10.1. The van der Waals surface area contributed by atoms with Crippen LogP contribution in [0.1, 0.15) is 12.5 Å². The van der Waals surface area contributed by atoms with Crippen LogP contribution in [0, 0.1) is 0 Å². The Morgan fingerprint density at radius 2 is 2.05 bits per heavy atom. The second-order valence-corrected chi connectivity index (χ2v) is 3.51. The highest BCUT2D eigenvalue weighted by atomic mass is 19.4. The molecule has 1 aromatic rings. The average molecular weight is 271 g/mol. The summed E-state index contributed by atoms with van der Waals surface area (Å²) in [7, 11) is 0. The molecule has 1 aromatic carbocycles. The fourth-order valence-corrected chi connectivity index (χ4v) is 1.26. The number of alkyl halides is 3. The normalized spacial score (nSPS) is 12.2. The maximum absolute atomic E-state index is 12.6. The largest absolute Gasteiger partial charge is 0.416 e. The molecule has 102 valence electrons. The quantitative estimate of drug-likeness (QED) is 0.396. The van der Waals surface area contributed by atoms with E-state index in [0.29, 0.717) is 0 Å². The van der Waals surface area contributed by atoms with Gasteiger partial charge in [-0.05, 0) is 31.2 Å². The van der Waals surface area contributed by atoms with Crippen LogP contribution in [0.25, 0.3) is 0 Å². The van der Waals surface area contributed by atoms with Crippen molar-refractivity contribution >= 4 is 24.0 Å². The summed E-state index contributed by atoms with van der Waals surface area (Å²) >= 11 is 0. The van der Waals surface area contributed by atoms with Crippen LogP contribution in [0.2, 0.25) is 0 Å². The van der Waals surface area contributed by atoms with Gasteiger partial charge in [-0.15, -0.1) is 0 Å². The number of carbonyl (C=O) groups excluding carboxylic acids is 1. The van der Waals surface area contributed by atoms with Crippen LogP contribution in [-0.2, 0) is 11.0 Å². The second-order valence-electron chi connectivity index (χ2n) is 3.51. The first-order valence-electron chi connectivity index (χ1n) is 5.26. The minimum absolute atomic E-state index is 0.0257. The highest BCUT2D eigenvalue weighted by Gasteiger charge is 2.31. The van der Waals surface area contributed by atoms with Crippen LogP contribution in [-0.4, -0.2) is 12.6 Å². The van der Waals surface area contributed by atoms with Crippen molar-refractivity contribution in [2.45, 2.75) is 13.1 Å². The Morgan fingerprint density at radius 3 is 2.58 bits per heavy atom. The molecule has 1 amide bonds. The Balaban J connectivity index is 3.19. The van der Waals surface area contributed by atoms with E-state index >= 15 is 0 Å². The molecular formula is C12H12F3N3O. The first-order chi connectivity index (χ1) is 8.90. The van der Waals surface area contributed by atoms with Crippen LogP contribution in [0.4, 0.5) is 24.5 Å². The Bertz CT molecular complexity index is 509. The lowest BCUT2D eigenvalue weighted by atomic mass is 10.1. The number of allylic oxidation sites excluding steroid dienone is 2. The Labute approximate surface area is 108 Å². The number of hydrogen-bond donors (Lipinski definition) is 1. The number of nitrogen functional groups attached to an aromatic ring is 1. The van der Waals surface area contributed by atoms with Gasteiger partial charge in [0, 0.05) is 6.21 Å². The number of benzene rings is 1. The molecule has 0 aliphatic heterocycles. The maximum Gasteiger partial charge on any atom is 0.416 e. The minimum Gasteiger partial charge on any atom is -0.397 e. The van der Waals surface area contributed by atoms with E-state index in [9.17, 15) is 18.0 Å². The van der Waals surface area contributed by atoms with Gasteiger partial charge < -0.3 is 5.73 Å². The van der Waals surface area contributed by atoms with Gasteiger partial charge in [0.1, 0.15) is 0 Å². The highest BCUT2D eigenvalue weighted by molar-refractivity contribution is 5.85. The van der Waals surface area contributed by atoms with Crippen LogP contribution >= 0.6 is 0 Å². The molecule has 0 saturated carbocycles. The third-order valence-electron chi connectivity index (χ3n) is 2.17. The molecule has 0 aliphatic carbocycles. The number of nitrogens with two attached hydrogens (primary N) is 1. The molecular weight excluding hydrogens is 259 g/mol. The second kappa shape index (κ2) is 6.03. The van der Waals surface area contributed by atoms with E-state index in [1.165, 1.54) is 12.3 Å². The zero-order valence-electron chi connectivity index (χ0n) is 10.1. The van der Waals surface area contributed by atoms with Crippen molar-refractivity contribution in [2.24, 2.45) is 5.10 Å². The van der Waals surface area contributed by atoms with E-state index in [1.54, 1.807) is 13.0 Å². The predicted molar refractivity (Wildman–Crippen MR) is 67.7 cm³/mol. The molecule has 0 aromatic heterocycles. The van der Waals surface area contributed by atoms with E-state index in [4.69, 9.17) is 5.73 Å². The molecule has 0 radical (unpaired) electrons. The fraction of sp³-hybridized carbons (Fsp3) is 0.167. The van der Waals surface area contributed by atoms with Gasteiger partial charge in [0.2, 0.25) is 6.41 Å². The van der Waals surface area contributed by atoms with Crippen LogP contribution < -0.4 is 10.7 Å². The number of carbonyl (C=O) groups is 1. The first kappa shape index (κ1) is 14.7. The van der Waals surface area contributed by atoms with Gasteiger partial charge >= 0.3 is 6.18 Å². The predicted octanol–water partition coefficient (Wildman–Crippen LogP) is 2.81. The molecule has 0 fully saturated rings. The van der Waals surface area contributed by atoms with E-state index in [0.717, 1.165) is 23.2 Å². The van der Waals surface area contributed by atoms with Crippen molar-refractivity contribution in [2.75, 3.05) is 10.7 Å².